The highest BCUT2D eigenvalue weighted by atomic mass is 16.6. The molecule has 133 valence electrons. The second-order valence-corrected chi connectivity index (χ2v) is 6.58. The molecule has 0 saturated heterocycles. The van der Waals surface area contributed by atoms with Gasteiger partial charge in [-0.1, -0.05) is 13.3 Å². The maximum atomic E-state index is 11.9. The molecule has 0 amide bonds. The van der Waals surface area contributed by atoms with Crippen molar-refractivity contribution in [2.24, 2.45) is 5.41 Å². The molecule has 0 heterocycles. The first-order valence-electron chi connectivity index (χ1n) is 7.96. The van der Waals surface area contributed by atoms with E-state index in [1.165, 1.54) is 0 Å². The van der Waals surface area contributed by atoms with E-state index in [2.05, 4.69) is 6.92 Å². The minimum atomic E-state index is -1.16. The predicted octanol–water partition coefficient (Wildman–Crippen LogP) is 3.14. The lowest BCUT2D eigenvalue weighted by molar-refractivity contribution is -0.157. The van der Waals surface area contributed by atoms with Crippen LogP contribution in [0.5, 0.6) is 0 Å². The van der Waals surface area contributed by atoms with Gasteiger partial charge in [0.25, 0.3) is 0 Å². The largest absolute Gasteiger partial charge is 0.481 e. The summed E-state index contributed by atoms with van der Waals surface area (Å²) in [6.45, 7) is 10.9. The molecule has 0 aromatic rings. The van der Waals surface area contributed by atoms with Crippen molar-refractivity contribution in [3.63, 3.8) is 0 Å². The predicted molar refractivity (Wildman–Crippen MR) is 85.6 cm³/mol. The highest BCUT2D eigenvalue weighted by molar-refractivity contribution is 5.78. The molecule has 0 aliphatic heterocycles. The van der Waals surface area contributed by atoms with Crippen molar-refractivity contribution in [1.82, 2.24) is 0 Å². The van der Waals surface area contributed by atoms with Crippen LogP contribution < -0.4 is 0 Å². The van der Waals surface area contributed by atoms with Gasteiger partial charge < -0.3 is 14.6 Å². The van der Waals surface area contributed by atoms with E-state index in [0.29, 0.717) is 12.8 Å². The normalized spacial score (nSPS) is 14.0. The molecule has 0 rings (SSSR count). The highest BCUT2D eigenvalue weighted by Crippen LogP contribution is 2.36. The molecular weight excluding hydrogens is 300 g/mol. The van der Waals surface area contributed by atoms with Gasteiger partial charge >= 0.3 is 17.9 Å². The molecule has 0 aromatic carbocycles. The molecule has 1 N–H and O–H groups in total. The molecule has 6 heteroatoms. The van der Waals surface area contributed by atoms with Gasteiger partial charge in [0.15, 0.2) is 0 Å². The first-order chi connectivity index (χ1) is 10.6. The van der Waals surface area contributed by atoms with Gasteiger partial charge in [-0.25, -0.2) is 0 Å². The number of ether oxygens (including phenoxy) is 2. The minimum absolute atomic E-state index is 0.00754. The second kappa shape index (κ2) is 9.53. The fourth-order valence-corrected chi connectivity index (χ4v) is 2.34. The smallest absolute Gasteiger partial charge is 0.309 e. The summed E-state index contributed by atoms with van der Waals surface area (Å²) in [7, 11) is 0. The molecule has 1 unspecified atom stereocenters. The quantitative estimate of drug-likeness (QED) is 0.619. The van der Waals surface area contributed by atoms with Gasteiger partial charge in [-0.3, -0.25) is 14.4 Å². The van der Waals surface area contributed by atoms with Crippen LogP contribution in [0.3, 0.4) is 0 Å². The fourth-order valence-electron chi connectivity index (χ4n) is 2.34. The highest BCUT2D eigenvalue weighted by Gasteiger charge is 2.38. The van der Waals surface area contributed by atoms with E-state index in [9.17, 15) is 19.5 Å². The van der Waals surface area contributed by atoms with Gasteiger partial charge in [-0.05, 0) is 47.0 Å². The summed E-state index contributed by atoms with van der Waals surface area (Å²) in [6.07, 6.45) is 0.945. The molecule has 1 radical (unpaired) electrons. The maximum Gasteiger partial charge on any atom is 0.309 e. The van der Waals surface area contributed by atoms with Gasteiger partial charge in [-0.15, -0.1) is 0 Å². The van der Waals surface area contributed by atoms with Crippen molar-refractivity contribution < 1.29 is 29.0 Å². The molecule has 0 saturated carbocycles. The summed E-state index contributed by atoms with van der Waals surface area (Å²) in [4.78, 5) is 35.1. The third-order valence-electron chi connectivity index (χ3n) is 3.45. The number of esters is 2. The van der Waals surface area contributed by atoms with Crippen LogP contribution in [0.4, 0.5) is 0 Å². The lowest BCUT2D eigenvalue weighted by atomic mass is 9.75. The summed E-state index contributed by atoms with van der Waals surface area (Å²) < 4.78 is 10.1. The van der Waals surface area contributed by atoms with Crippen molar-refractivity contribution in [1.29, 1.82) is 0 Å². The van der Waals surface area contributed by atoms with E-state index in [4.69, 9.17) is 9.47 Å². The van der Waals surface area contributed by atoms with Crippen LogP contribution in [0.15, 0.2) is 0 Å². The van der Waals surface area contributed by atoms with E-state index in [0.717, 1.165) is 0 Å². The Balaban J connectivity index is 4.88. The molecule has 0 aromatic heterocycles. The Labute approximate surface area is 138 Å². The summed E-state index contributed by atoms with van der Waals surface area (Å²) in [6, 6.07) is 0. The monoisotopic (exact) mass is 329 g/mol. The summed E-state index contributed by atoms with van der Waals surface area (Å²) in [5, 5.41) is 9.61. The minimum Gasteiger partial charge on any atom is -0.481 e. The lowest BCUT2D eigenvalue weighted by Gasteiger charge is -2.29. The van der Waals surface area contributed by atoms with E-state index < -0.39 is 28.9 Å². The third kappa shape index (κ3) is 8.57. The van der Waals surface area contributed by atoms with E-state index in [1.54, 1.807) is 27.7 Å². The molecule has 0 aliphatic rings. The maximum absolute atomic E-state index is 11.9. The Hall–Kier alpha value is -1.59. The van der Waals surface area contributed by atoms with Crippen LogP contribution in [0.2, 0.25) is 0 Å². The molecular formula is C17H29O6. The standard InChI is InChI=1S/C17H29O6/c1-6-10-17(15(20)21,11-8-13(18)22-7-2)12-9-14(19)23-16(3,4)5/h1,6-12H2,2-5H3,(H,20,21). The number of carboxylic acid groups (broad SMARTS) is 1. The summed E-state index contributed by atoms with van der Waals surface area (Å²) >= 11 is 0. The van der Waals surface area contributed by atoms with Crippen molar-refractivity contribution in [3.8, 4) is 0 Å². The van der Waals surface area contributed by atoms with E-state index in [-0.39, 0.29) is 32.3 Å². The molecule has 23 heavy (non-hydrogen) atoms. The van der Waals surface area contributed by atoms with Crippen LogP contribution in [0.25, 0.3) is 0 Å². The van der Waals surface area contributed by atoms with Gasteiger partial charge in [0.1, 0.15) is 5.60 Å². The Morgan fingerprint density at radius 2 is 1.52 bits per heavy atom. The van der Waals surface area contributed by atoms with Gasteiger partial charge in [-0.2, -0.15) is 0 Å². The number of carboxylic acids is 1. The Kier molecular flexibility index (Phi) is 8.87. The molecule has 0 fully saturated rings. The summed E-state index contributed by atoms with van der Waals surface area (Å²) in [5.74, 6) is -1.89. The number of carbonyl (C=O) groups is 3. The van der Waals surface area contributed by atoms with Crippen molar-refractivity contribution in [2.75, 3.05) is 6.61 Å². The first kappa shape index (κ1) is 21.4. The Morgan fingerprint density at radius 1 is 1.00 bits per heavy atom. The van der Waals surface area contributed by atoms with Crippen LogP contribution in [-0.2, 0) is 23.9 Å². The zero-order chi connectivity index (χ0) is 18.1. The van der Waals surface area contributed by atoms with Crippen molar-refractivity contribution >= 4 is 17.9 Å². The molecule has 1 atom stereocenters. The molecule has 0 spiro atoms. The molecule has 6 nitrogen and oxygen atoms in total. The van der Waals surface area contributed by atoms with Gasteiger partial charge in [0.05, 0.1) is 12.0 Å². The topological polar surface area (TPSA) is 89.9 Å². The average Bonchev–Trinajstić information content (AvgIpc) is 2.40. The SMILES string of the molecule is [CH2]CCC(CCC(=O)OCC)(CCC(=O)OC(C)(C)C)C(=O)O. The lowest BCUT2D eigenvalue weighted by Crippen LogP contribution is -2.33. The average molecular weight is 329 g/mol. The second-order valence-electron chi connectivity index (χ2n) is 6.58. The number of hydrogen-bond donors (Lipinski definition) is 1. The van der Waals surface area contributed by atoms with Crippen LogP contribution in [-0.4, -0.2) is 35.2 Å². The number of hydrogen-bond acceptors (Lipinski definition) is 5. The molecule has 0 bridgehead atoms. The Morgan fingerprint density at radius 3 is 1.91 bits per heavy atom. The van der Waals surface area contributed by atoms with Crippen LogP contribution in [0.1, 0.15) is 66.2 Å². The zero-order valence-corrected chi connectivity index (χ0v) is 14.6. The van der Waals surface area contributed by atoms with Crippen molar-refractivity contribution in [3.05, 3.63) is 6.92 Å². The number of carbonyl (C=O) groups excluding carboxylic acids is 2. The fraction of sp³-hybridized carbons (Fsp3) is 0.765. The van der Waals surface area contributed by atoms with Crippen LogP contribution >= 0.6 is 0 Å². The Bertz CT molecular complexity index is 410. The molecule has 0 aliphatic carbocycles. The number of aliphatic carboxylic acids is 1. The van der Waals surface area contributed by atoms with Gasteiger partial charge in [0, 0.05) is 12.8 Å². The van der Waals surface area contributed by atoms with E-state index >= 15 is 0 Å². The van der Waals surface area contributed by atoms with E-state index in [1.807, 2.05) is 0 Å². The van der Waals surface area contributed by atoms with Crippen LogP contribution in [0, 0.1) is 12.3 Å². The first-order valence-corrected chi connectivity index (χ1v) is 7.96. The van der Waals surface area contributed by atoms with Crippen molar-refractivity contribution in [2.45, 2.75) is 71.8 Å². The number of rotatable bonds is 10. The summed E-state index contributed by atoms with van der Waals surface area (Å²) in [5.41, 5.74) is -1.77. The van der Waals surface area contributed by atoms with Gasteiger partial charge in [0.2, 0.25) is 0 Å². The third-order valence-corrected chi connectivity index (χ3v) is 3.45. The zero-order valence-electron chi connectivity index (χ0n) is 14.6.